The van der Waals surface area contributed by atoms with Crippen molar-refractivity contribution in [1.29, 1.82) is 0 Å². The zero-order chi connectivity index (χ0) is 24.4. The second-order valence-corrected chi connectivity index (χ2v) is 11.4. The number of hydrogen-bond acceptors (Lipinski definition) is 8. The fourth-order valence-corrected chi connectivity index (χ4v) is 6.70. The molecule has 0 N–H and O–H groups in total. The lowest BCUT2D eigenvalue weighted by molar-refractivity contribution is 0.0712. The molecule has 35 heavy (non-hydrogen) atoms. The van der Waals surface area contributed by atoms with E-state index in [1.807, 2.05) is 17.0 Å². The van der Waals surface area contributed by atoms with E-state index in [9.17, 15) is 12.8 Å². The summed E-state index contributed by atoms with van der Waals surface area (Å²) in [4.78, 5) is 6.80. The Kier molecular flexibility index (Phi) is 7.19. The Labute approximate surface area is 206 Å². The first-order chi connectivity index (χ1) is 16.9. The molecule has 0 bridgehead atoms. The Hall–Kier alpha value is -2.34. The Bertz CT molecular complexity index is 1110. The second-order valence-electron chi connectivity index (χ2n) is 9.47. The number of halogens is 1. The van der Waals surface area contributed by atoms with Crippen molar-refractivity contribution in [3.8, 4) is 0 Å². The number of hydrogen-bond donors (Lipinski definition) is 0. The van der Waals surface area contributed by atoms with Gasteiger partial charge in [0.15, 0.2) is 11.6 Å². The van der Waals surface area contributed by atoms with Gasteiger partial charge in [-0.3, -0.25) is 4.90 Å². The average Bonchev–Trinajstić information content (AvgIpc) is 3.39. The van der Waals surface area contributed by atoms with Crippen molar-refractivity contribution in [2.45, 2.75) is 30.8 Å². The first-order valence-corrected chi connectivity index (χ1v) is 13.8. The Morgan fingerprint density at radius 3 is 2.14 bits per heavy atom. The molecule has 3 saturated heterocycles. The van der Waals surface area contributed by atoms with E-state index in [1.165, 1.54) is 22.9 Å². The molecule has 0 aliphatic carbocycles. The summed E-state index contributed by atoms with van der Waals surface area (Å²) in [6.45, 7) is 9.03. The van der Waals surface area contributed by atoms with Gasteiger partial charge in [-0.2, -0.15) is 4.31 Å². The van der Waals surface area contributed by atoms with Gasteiger partial charge in [-0.15, -0.1) is 10.2 Å². The molecule has 0 saturated carbocycles. The predicted octanol–water partition coefficient (Wildman–Crippen LogP) is 1.74. The monoisotopic (exact) mass is 504 g/mol. The van der Waals surface area contributed by atoms with Crippen LogP contribution >= 0.6 is 0 Å². The molecule has 3 aliphatic heterocycles. The van der Waals surface area contributed by atoms with Gasteiger partial charge >= 0.3 is 0 Å². The summed E-state index contributed by atoms with van der Waals surface area (Å²) in [6.07, 6.45) is 2.72. The van der Waals surface area contributed by atoms with Gasteiger partial charge in [0.25, 0.3) is 0 Å². The summed E-state index contributed by atoms with van der Waals surface area (Å²) in [5.74, 6) is 1.06. The van der Waals surface area contributed by atoms with Crippen LogP contribution in [-0.2, 0) is 14.8 Å². The number of ether oxygens (including phenoxy) is 1. The van der Waals surface area contributed by atoms with E-state index < -0.39 is 15.8 Å². The molecule has 11 heteroatoms. The van der Waals surface area contributed by atoms with Crippen LogP contribution in [0.4, 0.5) is 16.0 Å². The molecule has 1 unspecified atom stereocenters. The molecule has 4 heterocycles. The standard InChI is InChI=1S/C24H33FN6O3S/c1-19-4-5-20(25)17-22(19)35(32,33)31-14-12-30(13-15-31)24-7-6-23(26-27-24)29-10-8-28(9-11-29)18-21-3-2-16-34-21/h4-7,17,21H,2-3,8-16,18H2,1H3. The number of sulfonamides is 1. The Morgan fingerprint density at radius 1 is 0.943 bits per heavy atom. The fourth-order valence-electron chi connectivity index (χ4n) is 5.04. The highest BCUT2D eigenvalue weighted by Crippen LogP contribution is 2.24. The van der Waals surface area contributed by atoms with Gasteiger partial charge in [0.2, 0.25) is 10.0 Å². The van der Waals surface area contributed by atoms with Crippen molar-refractivity contribution in [1.82, 2.24) is 19.4 Å². The maximum Gasteiger partial charge on any atom is 0.243 e. The Morgan fingerprint density at radius 2 is 1.57 bits per heavy atom. The SMILES string of the molecule is Cc1ccc(F)cc1S(=O)(=O)N1CCN(c2ccc(N3CCN(CC4CCCO4)CC3)nn2)CC1. The zero-order valence-corrected chi connectivity index (χ0v) is 21.0. The minimum Gasteiger partial charge on any atom is -0.377 e. The lowest BCUT2D eigenvalue weighted by atomic mass is 10.2. The summed E-state index contributed by atoms with van der Waals surface area (Å²) < 4.78 is 46.9. The molecule has 3 fully saturated rings. The zero-order valence-electron chi connectivity index (χ0n) is 20.1. The van der Waals surface area contributed by atoms with Crippen molar-refractivity contribution < 1.29 is 17.5 Å². The first kappa shape index (κ1) is 24.4. The number of aryl methyl sites for hydroxylation is 1. The van der Waals surface area contributed by atoms with E-state index in [4.69, 9.17) is 4.74 Å². The van der Waals surface area contributed by atoms with Crippen molar-refractivity contribution >= 4 is 21.7 Å². The quantitative estimate of drug-likeness (QED) is 0.589. The summed E-state index contributed by atoms with van der Waals surface area (Å²) in [6, 6.07) is 7.84. The van der Waals surface area contributed by atoms with Crippen LogP contribution in [0.3, 0.4) is 0 Å². The van der Waals surface area contributed by atoms with Gasteiger partial charge in [-0.25, -0.2) is 12.8 Å². The van der Waals surface area contributed by atoms with Gasteiger partial charge in [0.05, 0.1) is 11.0 Å². The molecule has 0 amide bonds. The minimum atomic E-state index is -3.74. The van der Waals surface area contributed by atoms with Gasteiger partial charge in [-0.05, 0) is 49.6 Å². The molecule has 190 valence electrons. The molecule has 9 nitrogen and oxygen atoms in total. The molecule has 0 spiro atoms. The van der Waals surface area contributed by atoms with E-state index in [0.29, 0.717) is 37.8 Å². The van der Waals surface area contributed by atoms with E-state index in [-0.39, 0.29) is 4.90 Å². The van der Waals surface area contributed by atoms with Gasteiger partial charge in [0, 0.05) is 65.5 Å². The van der Waals surface area contributed by atoms with Crippen LogP contribution in [0.2, 0.25) is 0 Å². The maximum atomic E-state index is 13.7. The lowest BCUT2D eigenvalue weighted by Gasteiger charge is -2.36. The van der Waals surface area contributed by atoms with E-state index in [1.54, 1.807) is 6.92 Å². The number of rotatable bonds is 6. The number of nitrogens with zero attached hydrogens (tertiary/aromatic N) is 6. The van der Waals surface area contributed by atoms with Crippen LogP contribution in [0.1, 0.15) is 18.4 Å². The highest BCUT2D eigenvalue weighted by molar-refractivity contribution is 7.89. The summed E-state index contributed by atoms with van der Waals surface area (Å²) in [7, 11) is -3.74. The van der Waals surface area contributed by atoms with Crippen LogP contribution in [0.25, 0.3) is 0 Å². The highest BCUT2D eigenvalue weighted by Gasteiger charge is 2.30. The summed E-state index contributed by atoms with van der Waals surface area (Å²) in [5, 5.41) is 8.89. The lowest BCUT2D eigenvalue weighted by Crippen LogP contribution is -2.49. The van der Waals surface area contributed by atoms with Crippen molar-refractivity contribution in [2.24, 2.45) is 0 Å². The third-order valence-electron chi connectivity index (χ3n) is 7.15. The predicted molar refractivity (Wildman–Crippen MR) is 132 cm³/mol. The third kappa shape index (κ3) is 5.42. The third-order valence-corrected chi connectivity index (χ3v) is 9.19. The topological polar surface area (TPSA) is 82.1 Å². The number of benzene rings is 1. The molecule has 1 aromatic carbocycles. The Balaban J connectivity index is 1.14. The van der Waals surface area contributed by atoms with Crippen molar-refractivity contribution in [2.75, 3.05) is 75.3 Å². The van der Waals surface area contributed by atoms with E-state index >= 15 is 0 Å². The molecule has 2 aromatic rings. The summed E-state index contributed by atoms with van der Waals surface area (Å²) in [5.41, 5.74) is 0.544. The largest absolute Gasteiger partial charge is 0.377 e. The van der Waals surface area contributed by atoms with Crippen LogP contribution in [0.5, 0.6) is 0 Å². The normalized spacial score (nSPS) is 22.6. The molecule has 5 rings (SSSR count). The summed E-state index contributed by atoms with van der Waals surface area (Å²) >= 11 is 0. The second kappa shape index (κ2) is 10.3. The van der Waals surface area contributed by atoms with Crippen LogP contribution < -0.4 is 9.80 Å². The minimum absolute atomic E-state index is 0.0333. The average molecular weight is 505 g/mol. The van der Waals surface area contributed by atoms with Crippen molar-refractivity contribution in [3.05, 3.63) is 41.7 Å². The van der Waals surface area contributed by atoms with Gasteiger partial charge in [-0.1, -0.05) is 6.07 Å². The van der Waals surface area contributed by atoms with Crippen LogP contribution in [0, 0.1) is 12.7 Å². The first-order valence-electron chi connectivity index (χ1n) is 12.3. The maximum absolute atomic E-state index is 13.7. The van der Waals surface area contributed by atoms with Crippen LogP contribution in [-0.4, -0.2) is 99.4 Å². The van der Waals surface area contributed by atoms with E-state index in [0.717, 1.165) is 63.5 Å². The van der Waals surface area contributed by atoms with Crippen LogP contribution in [0.15, 0.2) is 35.2 Å². The number of piperazine rings is 2. The molecule has 3 aliphatic rings. The molecule has 0 radical (unpaired) electrons. The molecular formula is C24H33FN6O3S. The molecular weight excluding hydrogens is 471 g/mol. The molecule has 1 aromatic heterocycles. The number of aromatic nitrogens is 2. The number of anilines is 2. The van der Waals surface area contributed by atoms with Crippen molar-refractivity contribution in [3.63, 3.8) is 0 Å². The molecule has 1 atom stereocenters. The highest BCUT2D eigenvalue weighted by atomic mass is 32.2. The smallest absolute Gasteiger partial charge is 0.243 e. The van der Waals surface area contributed by atoms with Gasteiger partial charge in [0.1, 0.15) is 5.82 Å². The van der Waals surface area contributed by atoms with Gasteiger partial charge < -0.3 is 14.5 Å². The fraction of sp³-hybridized carbons (Fsp3) is 0.583. The van der Waals surface area contributed by atoms with E-state index in [2.05, 4.69) is 20.0 Å².